The number of nitrogens with zero attached hydrogens (tertiary/aromatic N) is 4. The Kier molecular flexibility index (Phi) is 6.29. The van der Waals surface area contributed by atoms with E-state index >= 15 is 0 Å². The van der Waals surface area contributed by atoms with Gasteiger partial charge in [0.2, 0.25) is 0 Å². The average Bonchev–Trinajstić information content (AvgIpc) is 3.11. The number of imidazole rings is 1. The summed E-state index contributed by atoms with van der Waals surface area (Å²) in [6.45, 7) is 2.41. The van der Waals surface area contributed by atoms with Gasteiger partial charge in [0.05, 0.1) is 31.4 Å². The Balaban J connectivity index is 1.65. The number of halogens is 1. The Morgan fingerprint density at radius 3 is 2.89 bits per heavy atom. The second-order valence-corrected chi connectivity index (χ2v) is 6.47. The first-order valence-corrected chi connectivity index (χ1v) is 8.95. The van der Waals surface area contributed by atoms with Gasteiger partial charge in [-0.05, 0) is 36.8 Å². The van der Waals surface area contributed by atoms with Gasteiger partial charge in [0.15, 0.2) is 5.96 Å². The molecule has 2 aromatic carbocycles. The molecule has 0 unspecified atom stereocenters. The zero-order chi connectivity index (χ0) is 19.9. The predicted octanol–water partition coefficient (Wildman–Crippen LogP) is 3.80. The van der Waals surface area contributed by atoms with Gasteiger partial charge < -0.3 is 20.4 Å². The molecule has 0 bridgehead atoms. The highest BCUT2D eigenvalue weighted by Crippen LogP contribution is 2.26. The standard InChI is InChI=1S/C20H21ClN6O/c1-14-11-27(13-25-14)18-7-6-17(9-19(18)28-2)26-20(22)24-12-23-10-15-4-3-5-16(21)8-15/h3-9,11-13H,10H2,1-2H3,(H3,22,23,24,26). The van der Waals surface area contributed by atoms with Crippen molar-refractivity contribution in [2.45, 2.75) is 13.5 Å². The molecule has 3 aromatic rings. The number of rotatable bonds is 6. The number of methoxy groups -OCH3 is 1. The minimum absolute atomic E-state index is 0.225. The minimum atomic E-state index is 0.225. The van der Waals surface area contributed by atoms with Crippen LogP contribution in [-0.2, 0) is 6.54 Å². The van der Waals surface area contributed by atoms with Crippen molar-refractivity contribution >= 4 is 29.6 Å². The molecule has 1 aromatic heterocycles. The monoisotopic (exact) mass is 396 g/mol. The van der Waals surface area contributed by atoms with Crippen molar-refractivity contribution < 1.29 is 4.74 Å². The Hall–Kier alpha value is -3.32. The number of benzene rings is 2. The summed E-state index contributed by atoms with van der Waals surface area (Å²) in [5.41, 5.74) is 9.49. The fraction of sp³-hybridized carbons (Fsp3) is 0.150. The van der Waals surface area contributed by atoms with Crippen LogP contribution in [0.1, 0.15) is 11.3 Å². The smallest absolute Gasteiger partial charge is 0.199 e. The van der Waals surface area contributed by atoms with E-state index in [1.165, 1.54) is 6.34 Å². The van der Waals surface area contributed by atoms with E-state index in [1.807, 2.05) is 60.2 Å². The van der Waals surface area contributed by atoms with Gasteiger partial charge in [-0.3, -0.25) is 4.99 Å². The van der Waals surface area contributed by atoms with E-state index in [0.717, 1.165) is 22.6 Å². The molecule has 28 heavy (non-hydrogen) atoms. The summed E-state index contributed by atoms with van der Waals surface area (Å²) < 4.78 is 7.38. The first kappa shape index (κ1) is 19.4. The molecule has 0 atom stereocenters. The number of aryl methyl sites for hydroxylation is 1. The van der Waals surface area contributed by atoms with Crippen LogP contribution in [0, 0.1) is 6.92 Å². The molecule has 3 N–H and O–H groups in total. The molecule has 3 rings (SSSR count). The molecule has 144 valence electrons. The Morgan fingerprint density at radius 2 is 2.18 bits per heavy atom. The van der Waals surface area contributed by atoms with Gasteiger partial charge in [0, 0.05) is 23.0 Å². The second-order valence-electron chi connectivity index (χ2n) is 6.03. The van der Waals surface area contributed by atoms with E-state index in [4.69, 9.17) is 22.1 Å². The Bertz CT molecular complexity index is 1010. The molecule has 0 saturated heterocycles. The summed E-state index contributed by atoms with van der Waals surface area (Å²) in [6, 6.07) is 13.2. The van der Waals surface area contributed by atoms with E-state index in [1.54, 1.807) is 13.4 Å². The van der Waals surface area contributed by atoms with Crippen LogP contribution >= 0.6 is 11.6 Å². The average molecular weight is 397 g/mol. The molecule has 8 heteroatoms. The van der Waals surface area contributed by atoms with Crippen LogP contribution in [-0.4, -0.2) is 29.0 Å². The number of ether oxygens (including phenoxy) is 1. The lowest BCUT2D eigenvalue weighted by Gasteiger charge is -2.12. The van der Waals surface area contributed by atoms with Crippen LogP contribution < -0.4 is 15.8 Å². The number of hydrogen-bond acceptors (Lipinski definition) is 3. The SMILES string of the molecule is COc1cc(NC(N)=NC=NCc2cccc(Cl)c2)ccc1-n1cnc(C)c1. The van der Waals surface area contributed by atoms with Crippen LogP contribution in [0.25, 0.3) is 5.69 Å². The molecule has 0 amide bonds. The van der Waals surface area contributed by atoms with Crippen molar-refractivity contribution in [3.63, 3.8) is 0 Å². The highest BCUT2D eigenvalue weighted by molar-refractivity contribution is 6.30. The van der Waals surface area contributed by atoms with Crippen LogP contribution in [0.15, 0.2) is 65.0 Å². The number of aromatic nitrogens is 2. The van der Waals surface area contributed by atoms with Crippen molar-refractivity contribution in [2.75, 3.05) is 12.4 Å². The molecule has 0 aliphatic heterocycles. The molecule has 7 nitrogen and oxygen atoms in total. The molecule has 0 radical (unpaired) electrons. The summed E-state index contributed by atoms with van der Waals surface area (Å²) in [4.78, 5) is 12.6. The third-order valence-corrected chi connectivity index (χ3v) is 4.12. The maximum absolute atomic E-state index is 5.95. The van der Waals surface area contributed by atoms with Gasteiger partial charge in [-0.1, -0.05) is 23.7 Å². The lowest BCUT2D eigenvalue weighted by atomic mass is 10.2. The van der Waals surface area contributed by atoms with Crippen LogP contribution in [0.2, 0.25) is 5.02 Å². The molecule has 0 fully saturated rings. The summed E-state index contributed by atoms with van der Waals surface area (Å²) >= 11 is 5.95. The first-order chi connectivity index (χ1) is 13.5. The highest BCUT2D eigenvalue weighted by atomic mass is 35.5. The summed E-state index contributed by atoms with van der Waals surface area (Å²) in [7, 11) is 1.62. The highest BCUT2D eigenvalue weighted by Gasteiger charge is 2.07. The third-order valence-electron chi connectivity index (χ3n) is 3.88. The lowest BCUT2D eigenvalue weighted by molar-refractivity contribution is 0.413. The molecular formula is C20H21ClN6O. The molecule has 0 spiro atoms. The zero-order valence-corrected chi connectivity index (χ0v) is 16.4. The third kappa shape index (κ3) is 5.11. The van der Waals surface area contributed by atoms with Crippen LogP contribution in [0.5, 0.6) is 5.75 Å². The van der Waals surface area contributed by atoms with Gasteiger partial charge in [-0.2, -0.15) is 0 Å². The van der Waals surface area contributed by atoms with E-state index in [0.29, 0.717) is 17.3 Å². The fourth-order valence-electron chi connectivity index (χ4n) is 2.59. The fourth-order valence-corrected chi connectivity index (χ4v) is 2.80. The van der Waals surface area contributed by atoms with Crippen molar-refractivity contribution in [1.29, 1.82) is 0 Å². The number of guanidine groups is 1. The molecule has 1 heterocycles. The number of nitrogens with two attached hydrogens (primary N) is 1. The Labute approximate surface area is 168 Å². The zero-order valence-electron chi connectivity index (χ0n) is 15.6. The molecule has 0 aliphatic carbocycles. The summed E-state index contributed by atoms with van der Waals surface area (Å²) in [6.07, 6.45) is 5.09. The molecule has 0 aliphatic rings. The number of anilines is 1. The van der Waals surface area contributed by atoms with Crippen molar-refractivity contribution in [3.8, 4) is 11.4 Å². The molecular weight excluding hydrogens is 376 g/mol. The number of nitrogens with one attached hydrogen (secondary N) is 1. The van der Waals surface area contributed by atoms with Crippen LogP contribution in [0.4, 0.5) is 5.69 Å². The number of aliphatic imine (C=N–C) groups is 2. The summed E-state index contributed by atoms with van der Waals surface area (Å²) in [5.74, 6) is 0.910. The van der Waals surface area contributed by atoms with Gasteiger partial charge in [0.25, 0.3) is 0 Å². The van der Waals surface area contributed by atoms with Crippen molar-refractivity contribution in [3.05, 3.63) is 71.3 Å². The van der Waals surface area contributed by atoms with Crippen molar-refractivity contribution in [2.24, 2.45) is 15.7 Å². The Morgan fingerprint density at radius 1 is 1.32 bits per heavy atom. The van der Waals surface area contributed by atoms with Gasteiger partial charge in [-0.25, -0.2) is 9.98 Å². The topological polar surface area (TPSA) is 89.8 Å². The lowest BCUT2D eigenvalue weighted by Crippen LogP contribution is -2.22. The normalized spacial score (nSPS) is 11.8. The summed E-state index contributed by atoms with van der Waals surface area (Å²) in [5, 5.41) is 3.70. The van der Waals surface area contributed by atoms with Crippen LogP contribution in [0.3, 0.4) is 0 Å². The second kappa shape index (κ2) is 9.05. The molecule has 0 saturated carbocycles. The van der Waals surface area contributed by atoms with E-state index in [-0.39, 0.29) is 5.96 Å². The van der Waals surface area contributed by atoms with Crippen molar-refractivity contribution in [1.82, 2.24) is 9.55 Å². The maximum atomic E-state index is 5.95. The van der Waals surface area contributed by atoms with E-state index < -0.39 is 0 Å². The minimum Gasteiger partial charge on any atom is -0.494 e. The van der Waals surface area contributed by atoms with Gasteiger partial charge in [0.1, 0.15) is 12.1 Å². The maximum Gasteiger partial charge on any atom is 0.199 e. The quantitative estimate of drug-likeness (QED) is 0.490. The van der Waals surface area contributed by atoms with E-state index in [9.17, 15) is 0 Å². The van der Waals surface area contributed by atoms with Gasteiger partial charge in [-0.15, -0.1) is 0 Å². The predicted molar refractivity (Wildman–Crippen MR) is 114 cm³/mol. The first-order valence-electron chi connectivity index (χ1n) is 8.57. The van der Waals surface area contributed by atoms with E-state index in [2.05, 4.69) is 20.3 Å². The number of hydrogen-bond donors (Lipinski definition) is 2. The largest absolute Gasteiger partial charge is 0.494 e. The van der Waals surface area contributed by atoms with Gasteiger partial charge >= 0.3 is 0 Å².